The number of rotatable bonds is 5. The molecule has 0 aromatic heterocycles. The van der Waals surface area contributed by atoms with Crippen LogP contribution in [0.15, 0.2) is 60.7 Å². The standard InChI is InChI=1S/C20H19ClN2O3/c1-26-19-10-9-14(21)11-17(19)23-20(25)22-12-18(24)16-8-4-6-13-5-2-3-7-15(13)16/h2-11,18,24H,12H2,1H3,(H2,22,23,25). The number of methoxy groups -OCH3 is 1. The topological polar surface area (TPSA) is 70.6 Å². The van der Waals surface area contributed by atoms with Gasteiger partial charge in [0, 0.05) is 11.6 Å². The molecule has 26 heavy (non-hydrogen) atoms. The van der Waals surface area contributed by atoms with Gasteiger partial charge in [0.05, 0.1) is 18.9 Å². The molecule has 5 nitrogen and oxygen atoms in total. The van der Waals surface area contributed by atoms with E-state index in [4.69, 9.17) is 16.3 Å². The van der Waals surface area contributed by atoms with Gasteiger partial charge in [-0.25, -0.2) is 4.79 Å². The maximum atomic E-state index is 12.2. The molecule has 1 unspecified atom stereocenters. The lowest BCUT2D eigenvalue weighted by Crippen LogP contribution is -2.32. The summed E-state index contributed by atoms with van der Waals surface area (Å²) in [5, 5.41) is 18.3. The Morgan fingerprint density at radius 3 is 2.73 bits per heavy atom. The first-order valence-electron chi connectivity index (χ1n) is 8.12. The van der Waals surface area contributed by atoms with Crippen LogP contribution in [0.25, 0.3) is 10.8 Å². The maximum Gasteiger partial charge on any atom is 0.319 e. The van der Waals surface area contributed by atoms with E-state index in [1.807, 2.05) is 42.5 Å². The molecule has 134 valence electrons. The average Bonchev–Trinajstić information content (AvgIpc) is 2.66. The Morgan fingerprint density at radius 2 is 1.92 bits per heavy atom. The molecule has 0 saturated carbocycles. The molecule has 2 amide bonds. The van der Waals surface area contributed by atoms with Crippen LogP contribution in [0.1, 0.15) is 11.7 Å². The van der Waals surface area contributed by atoms with Crippen LogP contribution in [0.2, 0.25) is 5.02 Å². The number of benzene rings is 3. The molecule has 0 aliphatic carbocycles. The zero-order valence-electron chi connectivity index (χ0n) is 14.2. The Bertz CT molecular complexity index is 925. The van der Waals surface area contributed by atoms with Crippen LogP contribution in [0.5, 0.6) is 5.75 Å². The summed E-state index contributed by atoms with van der Waals surface area (Å²) in [7, 11) is 1.51. The predicted molar refractivity (Wildman–Crippen MR) is 104 cm³/mol. The van der Waals surface area contributed by atoms with Gasteiger partial charge in [-0.1, -0.05) is 54.1 Å². The zero-order valence-corrected chi connectivity index (χ0v) is 15.0. The highest BCUT2D eigenvalue weighted by Gasteiger charge is 2.13. The van der Waals surface area contributed by atoms with Crippen LogP contribution in [-0.4, -0.2) is 24.8 Å². The third-order valence-electron chi connectivity index (χ3n) is 4.05. The minimum atomic E-state index is -0.826. The molecule has 0 saturated heterocycles. The molecule has 3 N–H and O–H groups in total. The number of halogens is 1. The van der Waals surface area contributed by atoms with Gasteiger partial charge in [0.15, 0.2) is 0 Å². The number of nitrogens with one attached hydrogen (secondary N) is 2. The molecular weight excluding hydrogens is 352 g/mol. The molecule has 1 atom stereocenters. The number of amides is 2. The summed E-state index contributed by atoms with van der Waals surface area (Å²) < 4.78 is 5.19. The molecule has 3 aromatic rings. The van der Waals surface area contributed by atoms with E-state index < -0.39 is 12.1 Å². The van der Waals surface area contributed by atoms with Crippen LogP contribution in [0.3, 0.4) is 0 Å². The summed E-state index contributed by atoms with van der Waals surface area (Å²) in [6.07, 6.45) is -0.826. The van der Waals surface area contributed by atoms with Gasteiger partial charge in [0.2, 0.25) is 0 Å². The number of aliphatic hydroxyl groups is 1. The Morgan fingerprint density at radius 1 is 1.15 bits per heavy atom. The lowest BCUT2D eigenvalue weighted by molar-refractivity contribution is 0.176. The minimum absolute atomic E-state index is 0.0721. The Hall–Kier alpha value is -2.76. The highest BCUT2D eigenvalue weighted by Crippen LogP contribution is 2.28. The second-order valence-electron chi connectivity index (χ2n) is 5.76. The van der Waals surface area contributed by atoms with E-state index in [9.17, 15) is 9.90 Å². The Kier molecular flexibility index (Phi) is 5.61. The lowest BCUT2D eigenvalue weighted by atomic mass is 10.0. The second kappa shape index (κ2) is 8.08. The zero-order chi connectivity index (χ0) is 18.5. The van der Waals surface area contributed by atoms with Gasteiger partial charge in [-0.2, -0.15) is 0 Å². The summed E-state index contributed by atoms with van der Waals surface area (Å²) in [5.74, 6) is 0.499. The minimum Gasteiger partial charge on any atom is -0.495 e. The molecule has 3 rings (SSSR count). The van der Waals surface area contributed by atoms with Crippen molar-refractivity contribution in [2.45, 2.75) is 6.10 Å². The highest BCUT2D eigenvalue weighted by atomic mass is 35.5. The van der Waals surface area contributed by atoms with Crippen molar-refractivity contribution in [3.63, 3.8) is 0 Å². The summed E-state index contributed by atoms with van der Waals surface area (Å²) in [6, 6.07) is 18.0. The van der Waals surface area contributed by atoms with Gasteiger partial charge in [0.25, 0.3) is 0 Å². The molecule has 0 aliphatic heterocycles. The predicted octanol–water partition coefficient (Wildman–Crippen LogP) is 4.36. The van der Waals surface area contributed by atoms with Gasteiger partial charge in [-0.15, -0.1) is 0 Å². The molecule has 0 aliphatic rings. The van der Waals surface area contributed by atoms with Gasteiger partial charge in [-0.3, -0.25) is 0 Å². The highest BCUT2D eigenvalue weighted by molar-refractivity contribution is 6.31. The number of hydrogen-bond acceptors (Lipinski definition) is 3. The first-order valence-corrected chi connectivity index (χ1v) is 8.50. The maximum absolute atomic E-state index is 12.2. The van der Waals surface area contributed by atoms with Gasteiger partial charge >= 0.3 is 6.03 Å². The second-order valence-corrected chi connectivity index (χ2v) is 6.20. The van der Waals surface area contributed by atoms with Crippen molar-refractivity contribution in [1.82, 2.24) is 5.32 Å². The van der Waals surface area contributed by atoms with Crippen LogP contribution >= 0.6 is 11.6 Å². The van der Waals surface area contributed by atoms with Crippen molar-refractivity contribution >= 4 is 34.1 Å². The fourth-order valence-corrected chi connectivity index (χ4v) is 2.96. The van der Waals surface area contributed by atoms with E-state index in [0.29, 0.717) is 16.5 Å². The molecule has 0 fully saturated rings. The van der Waals surface area contributed by atoms with E-state index in [0.717, 1.165) is 16.3 Å². The lowest BCUT2D eigenvalue weighted by Gasteiger charge is -2.16. The van der Waals surface area contributed by atoms with Crippen LogP contribution < -0.4 is 15.4 Å². The van der Waals surface area contributed by atoms with Crippen molar-refractivity contribution in [2.75, 3.05) is 19.0 Å². The SMILES string of the molecule is COc1ccc(Cl)cc1NC(=O)NCC(O)c1cccc2ccccc12. The van der Waals surface area contributed by atoms with E-state index in [-0.39, 0.29) is 6.54 Å². The number of carbonyl (C=O) groups is 1. The summed E-state index contributed by atoms with van der Waals surface area (Å²) in [4.78, 5) is 12.2. The van der Waals surface area contributed by atoms with Crippen molar-refractivity contribution in [1.29, 1.82) is 0 Å². The number of hydrogen-bond donors (Lipinski definition) is 3. The molecule has 0 spiro atoms. The Balaban J connectivity index is 1.67. The van der Waals surface area contributed by atoms with Crippen LogP contribution in [-0.2, 0) is 0 Å². The van der Waals surface area contributed by atoms with E-state index in [1.54, 1.807) is 18.2 Å². The summed E-state index contributed by atoms with van der Waals surface area (Å²) >= 11 is 5.95. The smallest absolute Gasteiger partial charge is 0.319 e. The third kappa shape index (κ3) is 4.07. The first-order chi connectivity index (χ1) is 12.6. The Labute approximate surface area is 156 Å². The van der Waals surface area contributed by atoms with E-state index >= 15 is 0 Å². The molecule has 0 radical (unpaired) electrons. The van der Waals surface area contributed by atoms with Gasteiger partial charge in [-0.05, 0) is 34.5 Å². The molecule has 3 aromatic carbocycles. The van der Waals surface area contributed by atoms with Gasteiger partial charge < -0.3 is 20.5 Å². The van der Waals surface area contributed by atoms with Crippen molar-refractivity contribution in [3.8, 4) is 5.75 Å². The van der Waals surface area contributed by atoms with Crippen molar-refractivity contribution < 1.29 is 14.6 Å². The average molecular weight is 371 g/mol. The van der Waals surface area contributed by atoms with E-state index in [2.05, 4.69) is 10.6 Å². The normalized spacial score (nSPS) is 11.8. The molecule has 0 heterocycles. The third-order valence-corrected chi connectivity index (χ3v) is 4.28. The quantitative estimate of drug-likeness (QED) is 0.625. The van der Waals surface area contributed by atoms with Crippen LogP contribution in [0, 0.1) is 0 Å². The first kappa shape index (κ1) is 18.0. The fraction of sp³-hybridized carbons (Fsp3) is 0.150. The monoisotopic (exact) mass is 370 g/mol. The number of urea groups is 1. The molecule has 0 bridgehead atoms. The van der Waals surface area contributed by atoms with Crippen molar-refractivity contribution in [3.05, 3.63) is 71.2 Å². The molecular formula is C20H19ClN2O3. The number of fused-ring (bicyclic) bond motifs is 1. The number of anilines is 1. The summed E-state index contributed by atoms with van der Waals surface area (Å²) in [5.41, 5.74) is 1.22. The van der Waals surface area contributed by atoms with E-state index in [1.165, 1.54) is 7.11 Å². The van der Waals surface area contributed by atoms with Crippen molar-refractivity contribution in [2.24, 2.45) is 0 Å². The van der Waals surface area contributed by atoms with Gasteiger partial charge in [0.1, 0.15) is 5.75 Å². The largest absolute Gasteiger partial charge is 0.495 e. The van der Waals surface area contributed by atoms with Crippen LogP contribution in [0.4, 0.5) is 10.5 Å². The number of aliphatic hydroxyl groups excluding tert-OH is 1. The fourth-order valence-electron chi connectivity index (χ4n) is 2.78. The number of carbonyl (C=O) groups excluding carboxylic acids is 1. The molecule has 6 heteroatoms. The number of ether oxygens (including phenoxy) is 1. The summed E-state index contributed by atoms with van der Waals surface area (Å²) in [6.45, 7) is 0.0721.